The maximum absolute atomic E-state index is 14.9. The Hall–Kier alpha value is -2.93. The van der Waals surface area contributed by atoms with Gasteiger partial charge < -0.3 is 4.90 Å². The summed E-state index contributed by atoms with van der Waals surface area (Å²) >= 11 is 1.07. The highest BCUT2D eigenvalue weighted by molar-refractivity contribution is 7.95. The molecular formula is C21H18F2N4O2S. The largest absolute Gasteiger partial charge is 0.333 e. The van der Waals surface area contributed by atoms with Crippen LogP contribution in [0, 0.1) is 23.5 Å². The number of benzene rings is 2. The number of urea groups is 1. The molecule has 2 atom stereocenters. The number of hydrogen-bond donors (Lipinski definition) is 2. The SMILES string of the molecule is CC(C)N1C(=O)N(c2c(F)cc(C#Cc3ccccc3)cc2F)C(=O)C2NSNC21. The Morgan fingerprint density at radius 3 is 2.27 bits per heavy atom. The number of halogens is 2. The molecule has 4 rings (SSSR count). The molecule has 2 aliphatic heterocycles. The average Bonchev–Trinajstić information content (AvgIpc) is 3.18. The van der Waals surface area contributed by atoms with Crippen LogP contribution in [0.5, 0.6) is 0 Å². The van der Waals surface area contributed by atoms with E-state index in [0.717, 1.165) is 24.3 Å². The summed E-state index contributed by atoms with van der Waals surface area (Å²) in [7, 11) is 0. The zero-order valence-electron chi connectivity index (χ0n) is 16.1. The van der Waals surface area contributed by atoms with Gasteiger partial charge in [0, 0.05) is 29.3 Å². The zero-order chi connectivity index (χ0) is 21.4. The molecule has 2 fully saturated rings. The molecule has 30 heavy (non-hydrogen) atoms. The van der Waals surface area contributed by atoms with Gasteiger partial charge in [-0.25, -0.2) is 27.9 Å². The van der Waals surface area contributed by atoms with E-state index in [1.807, 2.05) is 6.07 Å². The molecule has 0 saturated carbocycles. The van der Waals surface area contributed by atoms with E-state index in [9.17, 15) is 18.4 Å². The maximum atomic E-state index is 14.9. The molecule has 0 aromatic heterocycles. The summed E-state index contributed by atoms with van der Waals surface area (Å²) in [5, 5.41) is 0. The van der Waals surface area contributed by atoms with Crippen LogP contribution in [0.2, 0.25) is 0 Å². The average molecular weight is 428 g/mol. The number of imide groups is 1. The number of anilines is 1. The minimum absolute atomic E-state index is 0.101. The molecule has 2 N–H and O–H groups in total. The standard InChI is InChI=1S/C21H18F2N4O2S/c1-12(2)26-19-17(24-30-25-19)20(28)27(21(26)29)18-15(22)10-14(11-16(18)23)9-8-13-6-4-3-5-7-13/h3-7,10-12,17,19,24-25H,1-2H3. The van der Waals surface area contributed by atoms with Crippen molar-refractivity contribution in [2.45, 2.75) is 32.1 Å². The molecule has 0 aliphatic carbocycles. The molecule has 2 heterocycles. The fourth-order valence-electron chi connectivity index (χ4n) is 3.43. The summed E-state index contributed by atoms with van der Waals surface area (Å²) in [6.45, 7) is 3.53. The van der Waals surface area contributed by atoms with Gasteiger partial charge in [-0.05, 0) is 38.1 Å². The van der Waals surface area contributed by atoms with Crippen molar-refractivity contribution < 1.29 is 18.4 Å². The Morgan fingerprint density at radius 1 is 1.00 bits per heavy atom. The number of rotatable bonds is 2. The molecule has 0 spiro atoms. The van der Waals surface area contributed by atoms with E-state index >= 15 is 0 Å². The molecule has 0 bridgehead atoms. The van der Waals surface area contributed by atoms with Crippen LogP contribution in [0.4, 0.5) is 19.3 Å². The Balaban J connectivity index is 1.72. The smallest absolute Gasteiger partial charge is 0.303 e. The first-order valence-electron chi connectivity index (χ1n) is 9.27. The highest BCUT2D eigenvalue weighted by atomic mass is 32.2. The minimum atomic E-state index is -1.03. The minimum Gasteiger partial charge on any atom is -0.303 e. The normalized spacial score (nSPS) is 21.0. The molecule has 9 heteroatoms. The number of carbonyl (C=O) groups is 2. The number of fused-ring (bicyclic) bond motifs is 1. The van der Waals surface area contributed by atoms with Crippen LogP contribution in [0.3, 0.4) is 0 Å². The van der Waals surface area contributed by atoms with Crippen molar-refractivity contribution in [1.29, 1.82) is 0 Å². The van der Waals surface area contributed by atoms with Crippen molar-refractivity contribution in [2.24, 2.45) is 0 Å². The Labute approximate surface area is 176 Å². The van der Waals surface area contributed by atoms with Crippen molar-refractivity contribution in [1.82, 2.24) is 14.3 Å². The predicted octanol–water partition coefficient (Wildman–Crippen LogP) is 2.99. The molecule has 0 radical (unpaired) electrons. The van der Waals surface area contributed by atoms with Crippen molar-refractivity contribution in [3.8, 4) is 11.8 Å². The summed E-state index contributed by atoms with van der Waals surface area (Å²) in [5.41, 5.74) is 0.0991. The number of nitrogens with one attached hydrogen (secondary N) is 2. The van der Waals surface area contributed by atoms with Crippen LogP contribution in [-0.4, -0.2) is 35.1 Å². The third kappa shape index (κ3) is 3.54. The third-order valence-electron chi connectivity index (χ3n) is 4.80. The van der Waals surface area contributed by atoms with Gasteiger partial charge in [0.05, 0.1) is 0 Å². The van der Waals surface area contributed by atoms with Crippen molar-refractivity contribution in [3.05, 3.63) is 65.2 Å². The van der Waals surface area contributed by atoms with Crippen LogP contribution < -0.4 is 14.3 Å². The number of hydrogen-bond acceptors (Lipinski definition) is 5. The molecule has 2 aromatic carbocycles. The Kier molecular flexibility index (Phi) is 5.47. The van der Waals surface area contributed by atoms with Gasteiger partial charge in [0.1, 0.15) is 17.9 Å². The van der Waals surface area contributed by atoms with Crippen LogP contribution in [0.25, 0.3) is 0 Å². The summed E-state index contributed by atoms with van der Waals surface area (Å²) < 4.78 is 35.7. The van der Waals surface area contributed by atoms with Crippen molar-refractivity contribution in [2.75, 3.05) is 4.90 Å². The number of amides is 3. The van der Waals surface area contributed by atoms with E-state index in [4.69, 9.17) is 0 Å². The first kappa shape index (κ1) is 20.3. The van der Waals surface area contributed by atoms with Crippen LogP contribution in [-0.2, 0) is 4.79 Å². The van der Waals surface area contributed by atoms with Gasteiger partial charge in [-0.3, -0.25) is 4.79 Å². The van der Waals surface area contributed by atoms with Gasteiger partial charge >= 0.3 is 6.03 Å². The fourth-order valence-corrected chi connectivity index (χ4v) is 4.22. The number of carbonyl (C=O) groups excluding carboxylic acids is 2. The quantitative estimate of drug-likeness (QED) is 0.569. The molecule has 3 amide bonds. The molecular weight excluding hydrogens is 410 g/mol. The van der Waals surface area contributed by atoms with Crippen LogP contribution >= 0.6 is 12.1 Å². The van der Waals surface area contributed by atoms with E-state index in [1.54, 1.807) is 38.1 Å². The maximum Gasteiger partial charge on any atom is 0.333 e. The first-order chi connectivity index (χ1) is 14.4. The highest BCUT2D eigenvalue weighted by Gasteiger charge is 2.51. The van der Waals surface area contributed by atoms with Gasteiger partial charge in [-0.2, -0.15) is 0 Å². The van der Waals surface area contributed by atoms with Gasteiger partial charge in [-0.15, -0.1) is 0 Å². The second kappa shape index (κ2) is 8.07. The Morgan fingerprint density at radius 2 is 1.63 bits per heavy atom. The summed E-state index contributed by atoms with van der Waals surface area (Å²) in [6, 6.07) is 9.14. The van der Waals surface area contributed by atoms with E-state index in [-0.39, 0.29) is 11.6 Å². The summed E-state index contributed by atoms with van der Waals surface area (Å²) in [6.07, 6.45) is -0.603. The van der Waals surface area contributed by atoms with E-state index in [0.29, 0.717) is 10.5 Å². The lowest BCUT2D eigenvalue weighted by Gasteiger charge is -2.42. The molecule has 2 unspecified atom stereocenters. The summed E-state index contributed by atoms with van der Waals surface area (Å²) in [4.78, 5) is 27.9. The first-order valence-corrected chi connectivity index (χ1v) is 10.1. The van der Waals surface area contributed by atoms with E-state index < -0.39 is 41.5 Å². The third-order valence-corrected chi connectivity index (χ3v) is 5.53. The Bertz CT molecular complexity index is 1040. The van der Waals surface area contributed by atoms with E-state index in [2.05, 4.69) is 21.3 Å². The van der Waals surface area contributed by atoms with Crippen LogP contribution in [0.1, 0.15) is 25.0 Å². The van der Waals surface area contributed by atoms with Gasteiger partial charge in [-0.1, -0.05) is 30.0 Å². The second-order valence-electron chi connectivity index (χ2n) is 7.12. The zero-order valence-corrected chi connectivity index (χ0v) is 17.0. The van der Waals surface area contributed by atoms with Crippen molar-refractivity contribution in [3.63, 3.8) is 0 Å². The molecule has 154 valence electrons. The lowest BCUT2D eigenvalue weighted by Crippen LogP contribution is -2.69. The molecule has 2 saturated heterocycles. The lowest BCUT2D eigenvalue weighted by atomic mass is 10.1. The van der Waals surface area contributed by atoms with Crippen LogP contribution in [0.15, 0.2) is 42.5 Å². The lowest BCUT2D eigenvalue weighted by molar-refractivity contribution is -0.122. The van der Waals surface area contributed by atoms with E-state index in [1.165, 1.54) is 4.90 Å². The molecule has 2 aromatic rings. The predicted molar refractivity (Wildman–Crippen MR) is 110 cm³/mol. The topological polar surface area (TPSA) is 64.7 Å². The fraction of sp³-hybridized carbons (Fsp3) is 0.238. The summed E-state index contributed by atoms with van der Waals surface area (Å²) in [5.74, 6) is 2.74. The van der Waals surface area contributed by atoms with Crippen molar-refractivity contribution >= 4 is 29.8 Å². The van der Waals surface area contributed by atoms with Gasteiger partial charge in [0.15, 0.2) is 11.6 Å². The molecule has 6 nitrogen and oxygen atoms in total. The van der Waals surface area contributed by atoms with Gasteiger partial charge in [0.25, 0.3) is 5.91 Å². The van der Waals surface area contributed by atoms with Gasteiger partial charge in [0.2, 0.25) is 0 Å². The monoisotopic (exact) mass is 428 g/mol. The molecule has 2 aliphatic rings. The second-order valence-corrected chi connectivity index (χ2v) is 7.80. The highest BCUT2D eigenvalue weighted by Crippen LogP contribution is 2.33. The number of nitrogens with zero attached hydrogens (tertiary/aromatic N) is 2.